The van der Waals surface area contributed by atoms with Crippen molar-refractivity contribution >= 4 is 22.7 Å². The minimum atomic E-state index is -1.26. The van der Waals surface area contributed by atoms with Crippen molar-refractivity contribution in [3.8, 4) is 0 Å². The van der Waals surface area contributed by atoms with Gasteiger partial charge in [0.05, 0.1) is 0 Å². The van der Waals surface area contributed by atoms with Crippen molar-refractivity contribution in [1.29, 1.82) is 0 Å². The van der Waals surface area contributed by atoms with E-state index in [0.29, 0.717) is 18.2 Å². The number of carboxylic acids is 2. The van der Waals surface area contributed by atoms with E-state index in [4.69, 9.17) is 10.2 Å². The van der Waals surface area contributed by atoms with Crippen LogP contribution in [-0.2, 0) is 16.0 Å². The molecule has 0 unspecified atom stereocenters. The Hall–Kier alpha value is -2.73. The van der Waals surface area contributed by atoms with Crippen molar-refractivity contribution in [2.75, 3.05) is 13.6 Å². The number of aliphatic carboxylic acids is 2. The summed E-state index contributed by atoms with van der Waals surface area (Å²) in [6.45, 7) is 5.41. The van der Waals surface area contributed by atoms with E-state index in [9.17, 15) is 14.0 Å². The fraction of sp³-hybridized carbons (Fsp3) is 0.300. The summed E-state index contributed by atoms with van der Waals surface area (Å²) in [5.74, 6) is -2.68. The van der Waals surface area contributed by atoms with Crippen LogP contribution in [-0.4, -0.2) is 46.7 Å². The van der Waals surface area contributed by atoms with Crippen LogP contribution in [0.15, 0.2) is 48.6 Å². The van der Waals surface area contributed by atoms with Crippen LogP contribution < -0.4 is 0 Å². The minimum absolute atomic E-state index is 0.168. The molecule has 0 spiro atoms. The molecule has 0 aliphatic heterocycles. The molecule has 0 heterocycles. The van der Waals surface area contributed by atoms with Gasteiger partial charge in [-0.25, -0.2) is 14.0 Å². The summed E-state index contributed by atoms with van der Waals surface area (Å²) in [5.41, 5.74) is 1.29. The highest BCUT2D eigenvalue weighted by molar-refractivity contribution is 5.89. The molecule has 0 fully saturated rings. The molecule has 0 saturated heterocycles. The van der Waals surface area contributed by atoms with E-state index >= 15 is 0 Å². The van der Waals surface area contributed by atoms with Gasteiger partial charge in [-0.15, -0.1) is 0 Å². The van der Waals surface area contributed by atoms with Gasteiger partial charge in [-0.05, 0) is 55.8 Å². The molecule has 2 aromatic carbocycles. The summed E-state index contributed by atoms with van der Waals surface area (Å²) in [4.78, 5) is 21.4. The molecule has 0 aliphatic rings. The lowest BCUT2D eigenvalue weighted by Gasteiger charge is -2.21. The van der Waals surface area contributed by atoms with Crippen LogP contribution >= 0.6 is 0 Å². The Kier molecular flexibility index (Phi) is 8.45. The number of rotatable bonds is 6. The van der Waals surface area contributed by atoms with E-state index in [0.717, 1.165) is 23.7 Å². The second-order valence-corrected chi connectivity index (χ2v) is 6.12. The first-order chi connectivity index (χ1) is 12.2. The summed E-state index contributed by atoms with van der Waals surface area (Å²) in [6.07, 6.45) is 2.11. The first-order valence-electron chi connectivity index (χ1n) is 8.22. The van der Waals surface area contributed by atoms with Crippen molar-refractivity contribution in [2.24, 2.45) is 0 Å². The number of likely N-dealkylation sites (N-methyl/N-ethyl adjacent to an activating group) is 1. The lowest BCUT2D eigenvalue weighted by molar-refractivity contribution is -0.134. The molecular weight excluding hydrogens is 337 g/mol. The monoisotopic (exact) mass is 361 g/mol. The Bertz CT molecular complexity index is 770. The van der Waals surface area contributed by atoms with Gasteiger partial charge in [0.2, 0.25) is 0 Å². The molecule has 2 aromatic rings. The number of nitrogens with zero attached hydrogens (tertiary/aromatic N) is 1. The van der Waals surface area contributed by atoms with Crippen molar-refractivity contribution in [2.45, 2.75) is 26.3 Å². The van der Waals surface area contributed by atoms with Crippen molar-refractivity contribution in [3.63, 3.8) is 0 Å². The van der Waals surface area contributed by atoms with Crippen LogP contribution in [0.3, 0.4) is 0 Å². The first kappa shape index (κ1) is 21.3. The second kappa shape index (κ2) is 10.3. The molecule has 0 saturated carbocycles. The smallest absolute Gasteiger partial charge is 0.328 e. The zero-order valence-corrected chi connectivity index (χ0v) is 15.1. The summed E-state index contributed by atoms with van der Waals surface area (Å²) < 4.78 is 13.2. The molecule has 2 N–H and O–H groups in total. The molecule has 0 aliphatic carbocycles. The van der Waals surface area contributed by atoms with Gasteiger partial charge in [0, 0.05) is 24.7 Å². The van der Waals surface area contributed by atoms with Gasteiger partial charge < -0.3 is 15.1 Å². The predicted molar refractivity (Wildman–Crippen MR) is 99.8 cm³/mol. The maximum atomic E-state index is 13.2. The van der Waals surface area contributed by atoms with E-state index < -0.39 is 11.9 Å². The zero-order valence-electron chi connectivity index (χ0n) is 15.1. The summed E-state index contributed by atoms with van der Waals surface area (Å²) in [6, 6.07) is 11.7. The number of hydrogen-bond acceptors (Lipinski definition) is 3. The van der Waals surface area contributed by atoms with Crippen LogP contribution in [0.2, 0.25) is 0 Å². The van der Waals surface area contributed by atoms with Gasteiger partial charge in [-0.1, -0.05) is 24.3 Å². The van der Waals surface area contributed by atoms with Crippen molar-refractivity contribution in [3.05, 3.63) is 59.9 Å². The van der Waals surface area contributed by atoms with Gasteiger partial charge in [0.1, 0.15) is 5.82 Å². The Morgan fingerprint density at radius 3 is 2.27 bits per heavy atom. The topological polar surface area (TPSA) is 77.8 Å². The SMILES string of the molecule is CC(C)N(C)CCc1cccc2cc(F)ccc12.O=C(O)/C=C/C(=O)O. The third kappa shape index (κ3) is 7.44. The van der Waals surface area contributed by atoms with Crippen LogP contribution in [0.5, 0.6) is 0 Å². The van der Waals surface area contributed by atoms with E-state index in [1.54, 1.807) is 6.07 Å². The maximum Gasteiger partial charge on any atom is 0.328 e. The predicted octanol–water partition coefficient (Wildman–Crippen LogP) is 3.57. The standard InChI is InChI=1S/C16H20FN.C4H4O4/c1-12(2)18(3)10-9-13-5-4-6-14-11-15(17)7-8-16(13)14;5-3(6)1-2-4(7)8/h4-8,11-12H,9-10H2,1-3H3;1-2H,(H,5,6)(H,7,8)/b;2-1+. The number of fused-ring (bicyclic) bond motifs is 1. The maximum absolute atomic E-state index is 13.2. The number of benzene rings is 2. The Balaban J connectivity index is 0.000000359. The number of hydrogen-bond donors (Lipinski definition) is 2. The van der Waals surface area contributed by atoms with Gasteiger partial charge in [0.15, 0.2) is 0 Å². The molecule has 0 atom stereocenters. The Morgan fingerprint density at radius 2 is 1.73 bits per heavy atom. The molecule has 5 nitrogen and oxygen atoms in total. The lowest BCUT2D eigenvalue weighted by atomic mass is 10.0. The van der Waals surface area contributed by atoms with Crippen LogP contribution in [0.4, 0.5) is 4.39 Å². The average molecular weight is 361 g/mol. The number of halogens is 1. The Morgan fingerprint density at radius 1 is 1.12 bits per heavy atom. The van der Waals surface area contributed by atoms with E-state index in [-0.39, 0.29) is 5.82 Å². The second-order valence-electron chi connectivity index (χ2n) is 6.12. The highest BCUT2D eigenvalue weighted by Crippen LogP contribution is 2.20. The normalized spacial score (nSPS) is 11.0. The third-order valence-corrected chi connectivity index (χ3v) is 3.92. The fourth-order valence-electron chi connectivity index (χ4n) is 2.24. The highest BCUT2D eigenvalue weighted by atomic mass is 19.1. The van der Waals surface area contributed by atoms with E-state index in [1.807, 2.05) is 18.2 Å². The fourth-order valence-corrected chi connectivity index (χ4v) is 2.24. The summed E-state index contributed by atoms with van der Waals surface area (Å²) in [7, 11) is 2.13. The van der Waals surface area contributed by atoms with Gasteiger partial charge in [-0.2, -0.15) is 0 Å². The van der Waals surface area contributed by atoms with Crippen molar-refractivity contribution < 1.29 is 24.2 Å². The molecule has 6 heteroatoms. The number of carboxylic acid groups (broad SMARTS) is 2. The van der Waals surface area contributed by atoms with Gasteiger partial charge >= 0.3 is 11.9 Å². The molecule has 140 valence electrons. The molecule has 0 radical (unpaired) electrons. The summed E-state index contributed by atoms with van der Waals surface area (Å²) >= 11 is 0. The largest absolute Gasteiger partial charge is 0.478 e. The Labute approximate surface area is 152 Å². The molecule has 2 rings (SSSR count). The summed E-state index contributed by atoms with van der Waals surface area (Å²) in [5, 5.41) is 17.8. The van der Waals surface area contributed by atoms with Crippen LogP contribution in [0, 0.1) is 5.82 Å². The third-order valence-electron chi connectivity index (χ3n) is 3.92. The molecule has 0 amide bonds. The van der Waals surface area contributed by atoms with E-state index in [1.165, 1.54) is 11.6 Å². The average Bonchev–Trinajstić information content (AvgIpc) is 2.57. The molecule has 0 bridgehead atoms. The lowest BCUT2D eigenvalue weighted by Crippen LogP contribution is -2.28. The van der Waals surface area contributed by atoms with E-state index in [2.05, 4.69) is 31.9 Å². The minimum Gasteiger partial charge on any atom is -0.478 e. The molecular formula is C20H24FNO4. The van der Waals surface area contributed by atoms with Crippen LogP contribution in [0.1, 0.15) is 19.4 Å². The first-order valence-corrected chi connectivity index (χ1v) is 8.22. The quantitative estimate of drug-likeness (QED) is 0.769. The molecule has 26 heavy (non-hydrogen) atoms. The van der Waals surface area contributed by atoms with Crippen LogP contribution in [0.25, 0.3) is 10.8 Å². The number of carbonyl (C=O) groups is 2. The zero-order chi connectivity index (χ0) is 19.7. The highest BCUT2D eigenvalue weighted by Gasteiger charge is 2.06. The molecule has 0 aromatic heterocycles. The van der Waals surface area contributed by atoms with Crippen molar-refractivity contribution in [1.82, 2.24) is 4.90 Å². The van der Waals surface area contributed by atoms with Gasteiger partial charge in [0.25, 0.3) is 0 Å². The van der Waals surface area contributed by atoms with Gasteiger partial charge in [-0.3, -0.25) is 0 Å².